The number of hydrogen-bond donors (Lipinski definition) is 2. The predicted molar refractivity (Wildman–Crippen MR) is 158 cm³/mol. The van der Waals surface area contributed by atoms with Gasteiger partial charge >= 0.3 is 5.91 Å². The number of aromatic nitrogens is 2. The smallest absolute Gasteiger partial charge is 0.302 e. The largest absolute Gasteiger partial charge is 0.507 e. The average molecular weight is 539 g/mol. The number of fused-ring (bicyclic) bond motifs is 1. The van der Waals surface area contributed by atoms with Crippen molar-refractivity contribution in [1.82, 2.24) is 9.97 Å². The number of benzene rings is 3. The lowest BCUT2D eigenvalue weighted by atomic mass is 9.95. The van der Waals surface area contributed by atoms with Crippen LogP contribution in [-0.2, 0) is 9.59 Å². The monoisotopic (exact) mass is 538 g/mol. The number of para-hydroxylation sites is 2. The van der Waals surface area contributed by atoms with Crippen LogP contribution in [0.4, 0.5) is 11.6 Å². The van der Waals surface area contributed by atoms with Crippen LogP contribution in [0.3, 0.4) is 0 Å². The fraction of sp³-hybridized carbons (Fsp3) is 0.281. The number of ketones is 1. The van der Waals surface area contributed by atoms with E-state index in [0.29, 0.717) is 34.9 Å². The summed E-state index contributed by atoms with van der Waals surface area (Å²) in [7, 11) is 0. The first kappa shape index (κ1) is 27.0. The van der Waals surface area contributed by atoms with Crippen LogP contribution in [-0.4, -0.2) is 46.5 Å². The number of amides is 1. The van der Waals surface area contributed by atoms with Crippen LogP contribution in [0.25, 0.3) is 16.8 Å². The minimum Gasteiger partial charge on any atom is -0.507 e. The number of rotatable bonds is 9. The zero-order valence-corrected chi connectivity index (χ0v) is 23.2. The molecule has 40 heavy (non-hydrogen) atoms. The van der Waals surface area contributed by atoms with E-state index in [1.54, 1.807) is 24.3 Å². The zero-order chi connectivity index (χ0) is 28.4. The number of aromatic amines is 1. The first-order valence-electron chi connectivity index (χ1n) is 13.7. The Morgan fingerprint density at radius 1 is 1.00 bits per heavy atom. The van der Waals surface area contributed by atoms with E-state index in [0.717, 1.165) is 24.3 Å². The molecule has 3 aromatic carbocycles. The molecule has 4 aromatic rings. The van der Waals surface area contributed by atoms with Gasteiger partial charge in [0.15, 0.2) is 0 Å². The molecule has 8 nitrogen and oxygen atoms in total. The van der Waals surface area contributed by atoms with Gasteiger partial charge in [-0.1, -0.05) is 38.1 Å². The fourth-order valence-electron chi connectivity index (χ4n) is 5.00. The Morgan fingerprint density at radius 2 is 1.68 bits per heavy atom. The predicted octanol–water partition coefficient (Wildman–Crippen LogP) is 6.07. The lowest BCUT2D eigenvalue weighted by Gasteiger charge is -2.25. The first-order valence-corrected chi connectivity index (χ1v) is 13.7. The molecule has 206 valence electrons. The second kappa shape index (κ2) is 11.3. The van der Waals surface area contributed by atoms with E-state index >= 15 is 0 Å². The van der Waals surface area contributed by atoms with Gasteiger partial charge in [0.05, 0.1) is 29.3 Å². The SMILES string of the molecule is CCN(CC)c1ccc(C2/C(=C(\O)c3ccc(OCC(C)C)cc3)C(=O)C(=O)N2c2nc3ccccc3[nH]2)cc1. The molecular formula is C32H34N4O4. The molecule has 0 aliphatic carbocycles. The van der Waals surface area contributed by atoms with Crippen molar-refractivity contribution in [2.24, 2.45) is 5.92 Å². The van der Waals surface area contributed by atoms with Gasteiger partial charge in [-0.3, -0.25) is 14.5 Å². The van der Waals surface area contributed by atoms with Crippen molar-refractivity contribution in [2.75, 3.05) is 29.5 Å². The van der Waals surface area contributed by atoms with Gasteiger partial charge in [-0.2, -0.15) is 0 Å². The van der Waals surface area contributed by atoms with Gasteiger partial charge in [0.2, 0.25) is 5.95 Å². The summed E-state index contributed by atoms with van der Waals surface area (Å²) in [4.78, 5) is 38.4. The number of Topliss-reactive ketones (excluding diaryl/α,β-unsaturated/α-hetero) is 1. The third-order valence-corrected chi connectivity index (χ3v) is 7.10. The lowest BCUT2D eigenvalue weighted by Crippen LogP contribution is -2.30. The number of carbonyl (C=O) groups is 2. The Labute approximate surface area is 233 Å². The molecule has 0 radical (unpaired) electrons. The molecule has 1 fully saturated rings. The van der Waals surface area contributed by atoms with Gasteiger partial charge in [0.25, 0.3) is 5.78 Å². The highest BCUT2D eigenvalue weighted by molar-refractivity contribution is 6.51. The Kier molecular flexibility index (Phi) is 7.60. The van der Waals surface area contributed by atoms with Crippen LogP contribution in [0.1, 0.15) is 44.9 Å². The maximum atomic E-state index is 13.5. The van der Waals surface area contributed by atoms with Gasteiger partial charge in [-0.25, -0.2) is 4.98 Å². The van der Waals surface area contributed by atoms with Crippen molar-refractivity contribution in [2.45, 2.75) is 33.7 Å². The second-order valence-corrected chi connectivity index (χ2v) is 10.2. The average Bonchev–Trinajstić information content (AvgIpc) is 3.51. The minimum absolute atomic E-state index is 0.0110. The number of ether oxygens (including phenoxy) is 1. The van der Waals surface area contributed by atoms with Crippen LogP contribution in [0, 0.1) is 5.92 Å². The van der Waals surface area contributed by atoms with Crippen LogP contribution in [0.2, 0.25) is 0 Å². The summed E-state index contributed by atoms with van der Waals surface area (Å²) >= 11 is 0. The molecule has 1 amide bonds. The van der Waals surface area contributed by atoms with E-state index in [1.165, 1.54) is 4.90 Å². The molecule has 0 spiro atoms. The topological polar surface area (TPSA) is 98.8 Å². The van der Waals surface area contributed by atoms with Crippen molar-refractivity contribution in [3.63, 3.8) is 0 Å². The molecule has 1 unspecified atom stereocenters. The van der Waals surface area contributed by atoms with Crippen molar-refractivity contribution in [1.29, 1.82) is 0 Å². The Hall–Kier alpha value is -4.59. The minimum atomic E-state index is -0.872. The van der Waals surface area contributed by atoms with Crippen LogP contribution in [0.15, 0.2) is 78.4 Å². The normalized spacial score (nSPS) is 16.7. The lowest BCUT2D eigenvalue weighted by molar-refractivity contribution is -0.132. The summed E-state index contributed by atoms with van der Waals surface area (Å²) in [5.74, 6) is -0.485. The molecule has 1 saturated heterocycles. The number of nitrogens with one attached hydrogen (secondary N) is 1. The maximum Gasteiger partial charge on any atom is 0.302 e. The highest BCUT2D eigenvalue weighted by Gasteiger charge is 2.48. The summed E-state index contributed by atoms with van der Waals surface area (Å²) in [6.07, 6.45) is 0. The summed E-state index contributed by atoms with van der Waals surface area (Å²) in [6.45, 7) is 10.6. The second-order valence-electron chi connectivity index (χ2n) is 10.2. The number of hydrogen-bond acceptors (Lipinski definition) is 6. The summed E-state index contributed by atoms with van der Waals surface area (Å²) in [6, 6.07) is 21.2. The molecular weight excluding hydrogens is 504 g/mol. The Morgan fingerprint density at radius 3 is 2.30 bits per heavy atom. The zero-order valence-electron chi connectivity index (χ0n) is 23.2. The van der Waals surface area contributed by atoms with Crippen molar-refractivity contribution < 1.29 is 19.4 Å². The summed E-state index contributed by atoms with van der Waals surface area (Å²) in [5.41, 5.74) is 3.57. The van der Waals surface area contributed by atoms with E-state index in [-0.39, 0.29) is 17.3 Å². The summed E-state index contributed by atoms with van der Waals surface area (Å²) < 4.78 is 5.77. The number of anilines is 2. The quantitative estimate of drug-likeness (QED) is 0.152. The molecule has 0 bridgehead atoms. The first-order chi connectivity index (χ1) is 19.3. The Bertz CT molecular complexity index is 1520. The number of aliphatic hydroxyl groups is 1. The number of imidazole rings is 1. The fourth-order valence-corrected chi connectivity index (χ4v) is 5.00. The molecule has 1 aromatic heterocycles. The van der Waals surface area contributed by atoms with Gasteiger partial charge < -0.3 is 19.7 Å². The number of aliphatic hydroxyl groups excluding tert-OH is 1. The van der Waals surface area contributed by atoms with Crippen LogP contribution < -0.4 is 14.5 Å². The summed E-state index contributed by atoms with van der Waals surface area (Å²) in [5, 5.41) is 11.5. The van der Waals surface area contributed by atoms with E-state index in [1.807, 2.05) is 48.5 Å². The number of carbonyl (C=O) groups excluding carboxylic acids is 2. The molecule has 5 rings (SSSR count). The standard InChI is InChI=1S/C32H34N4O4/c1-5-35(6-2)23-15-11-21(12-16-23)28-27(29(37)22-13-17-24(18-14-22)40-19-20(3)4)30(38)31(39)36(28)32-33-25-9-7-8-10-26(25)34-32/h7-18,20,28,37H,5-6,19H2,1-4H3,(H,33,34)/b29-27+. The number of nitrogens with zero attached hydrogens (tertiary/aromatic N) is 3. The molecule has 2 N–H and O–H groups in total. The third kappa shape index (κ3) is 5.04. The third-order valence-electron chi connectivity index (χ3n) is 7.10. The molecule has 1 atom stereocenters. The number of H-pyrrole nitrogens is 1. The highest BCUT2D eigenvalue weighted by Crippen LogP contribution is 2.42. The van der Waals surface area contributed by atoms with Crippen molar-refractivity contribution in [3.05, 3.63) is 89.5 Å². The molecule has 0 saturated carbocycles. The Balaban J connectivity index is 1.61. The molecule has 2 heterocycles. The van der Waals surface area contributed by atoms with Gasteiger partial charge in [-0.15, -0.1) is 0 Å². The van der Waals surface area contributed by atoms with Gasteiger partial charge in [-0.05, 0) is 73.9 Å². The van der Waals surface area contributed by atoms with Crippen LogP contribution >= 0.6 is 0 Å². The van der Waals surface area contributed by atoms with Crippen LogP contribution in [0.5, 0.6) is 5.75 Å². The van der Waals surface area contributed by atoms with E-state index in [4.69, 9.17) is 4.74 Å². The molecule has 1 aliphatic heterocycles. The maximum absolute atomic E-state index is 13.5. The molecule has 8 heteroatoms. The van der Waals surface area contributed by atoms with Gasteiger partial charge in [0.1, 0.15) is 11.5 Å². The van der Waals surface area contributed by atoms with E-state index in [2.05, 4.69) is 42.6 Å². The van der Waals surface area contributed by atoms with Crippen molar-refractivity contribution >= 4 is 40.1 Å². The molecule has 1 aliphatic rings. The van der Waals surface area contributed by atoms with Gasteiger partial charge in [0, 0.05) is 24.3 Å². The van der Waals surface area contributed by atoms with E-state index < -0.39 is 17.7 Å². The van der Waals surface area contributed by atoms with E-state index in [9.17, 15) is 14.7 Å². The van der Waals surface area contributed by atoms with Crippen molar-refractivity contribution in [3.8, 4) is 5.75 Å². The highest BCUT2D eigenvalue weighted by atomic mass is 16.5.